The Bertz CT molecular complexity index is 1190. The number of aromatic nitrogens is 3. The van der Waals surface area contributed by atoms with E-state index in [1.165, 1.54) is 6.07 Å². The summed E-state index contributed by atoms with van der Waals surface area (Å²) in [5, 5.41) is 2.44. The molecule has 7 nitrogen and oxygen atoms in total. The van der Waals surface area contributed by atoms with E-state index in [0.29, 0.717) is 17.1 Å². The molecule has 2 aromatic heterocycles. The summed E-state index contributed by atoms with van der Waals surface area (Å²) < 4.78 is 80.0. The lowest BCUT2D eigenvalue weighted by Gasteiger charge is -2.13. The van der Waals surface area contributed by atoms with Crippen molar-refractivity contribution in [1.82, 2.24) is 15.0 Å². The summed E-state index contributed by atoms with van der Waals surface area (Å²) in [6, 6.07) is 5.99. The summed E-state index contributed by atoms with van der Waals surface area (Å²) in [5.41, 5.74) is -1.28. The molecule has 3 aromatic rings. The quantitative estimate of drug-likeness (QED) is 0.409. The highest BCUT2D eigenvalue weighted by molar-refractivity contribution is 6.06. The Morgan fingerprint density at radius 1 is 1.10 bits per heavy atom. The van der Waals surface area contributed by atoms with Gasteiger partial charge >= 0.3 is 18.0 Å². The van der Waals surface area contributed by atoms with Crippen molar-refractivity contribution in [3.05, 3.63) is 58.1 Å². The molecule has 0 atom stereocenters. The molecule has 0 unspecified atom stereocenters. The third-order valence-electron chi connectivity index (χ3n) is 3.78. The largest absolute Gasteiger partial charge is 0.468 e. The Balaban J connectivity index is 1.84. The Morgan fingerprint density at radius 2 is 1.84 bits per heavy atom. The summed E-state index contributed by atoms with van der Waals surface area (Å²) in [5.74, 6) is -1.70. The topological polar surface area (TPSA) is 99.9 Å². The zero-order valence-corrected chi connectivity index (χ0v) is 15.2. The van der Waals surface area contributed by atoms with Crippen molar-refractivity contribution in [2.45, 2.75) is 12.4 Å². The van der Waals surface area contributed by atoms with Crippen LogP contribution in [0.4, 0.5) is 32.0 Å². The number of carbonyl (C=O) groups excluding carboxylic acids is 1. The van der Waals surface area contributed by atoms with Gasteiger partial charge in [0.05, 0.1) is 16.7 Å². The highest BCUT2D eigenvalue weighted by atomic mass is 19.4. The molecule has 1 amide bonds. The molecule has 0 aliphatic heterocycles. The van der Waals surface area contributed by atoms with Crippen LogP contribution in [-0.2, 0) is 11.0 Å². The van der Waals surface area contributed by atoms with Crippen LogP contribution in [0.5, 0.6) is 5.88 Å². The maximum atomic E-state index is 12.8. The molecule has 0 saturated carbocycles. The van der Waals surface area contributed by atoms with E-state index >= 15 is 0 Å². The molecule has 0 fully saturated rings. The monoisotopic (exact) mass is 446 g/mol. The molecule has 1 aromatic carbocycles. The number of alkyl halides is 6. The molecular formula is C18H12F6N4O3. The van der Waals surface area contributed by atoms with Gasteiger partial charge in [-0.15, -0.1) is 0 Å². The summed E-state index contributed by atoms with van der Waals surface area (Å²) in [7, 11) is 0. The first-order valence-corrected chi connectivity index (χ1v) is 8.40. The molecule has 0 bridgehead atoms. The smallest absolute Gasteiger partial charge is 0.433 e. The number of H-pyrrole nitrogens is 2. The zero-order valence-electron chi connectivity index (χ0n) is 15.2. The van der Waals surface area contributed by atoms with Gasteiger partial charge in [0.1, 0.15) is 5.69 Å². The zero-order chi connectivity index (χ0) is 22.8. The van der Waals surface area contributed by atoms with Crippen LogP contribution >= 0.6 is 0 Å². The van der Waals surface area contributed by atoms with Gasteiger partial charge in [0.25, 0.3) is 0 Å². The third kappa shape index (κ3) is 5.65. The third-order valence-corrected chi connectivity index (χ3v) is 3.78. The highest BCUT2D eigenvalue weighted by Crippen LogP contribution is 2.31. The van der Waals surface area contributed by atoms with Crippen molar-refractivity contribution in [3.8, 4) is 5.88 Å². The Hall–Kier alpha value is -3.77. The van der Waals surface area contributed by atoms with Crippen molar-refractivity contribution >= 4 is 28.7 Å². The van der Waals surface area contributed by atoms with Crippen LogP contribution in [0.25, 0.3) is 17.1 Å². The number of anilines is 1. The second kappa shape index (κ2) is 8.16. The second-order valence-electron chi connectivity index (χ2n) is 6.12. The molecule has 0 aliphatic rings. The molecule has 3 N–H and O–H groups in total. The summed E-state index contributed by atoms with van der Waals surface area (Å²) in [6.07, 6.45) is -7.88. The number of hydrogen-bond acceptors (Lipinski definition) is 4. The van der Waals surface area contributed by atoms with Gasteiger partial charge in [0.2, 0.25) is 11.8 Å². The molecule has 31 heavy (non-hydrogen) atoms. The Labute approximate surface area is 168 Å². The molecule has 13 heteroatoms. The number of para-hydroxylation sites is 1. The average Bonchev–Trinajstić information content (AvgIpc) is 3.05. The van der Waals surface area contributed by atoms with E-state index in [0.717, 1.165) is 18.2 Å². The number of amides is 1. The van der Waals surface area contributed by atoms with Crippen LogP contribution in [0.3, 0.4) is 0 Å². The maximum Gasteiger partial charge on any atom is 0.433 e. The van der Waals surface area contributed by atoms with Gasteiger partial charge in [-0.1, -0.05) is 6.07 Å². The van der Waals surface area contributed by atoms with Crippen molar-refractivity contribution < 1.29 is 35.9 Å². The van der Waals surface area contributed by atoms with E-state index in [-0.39, 0.29) is 11.3 Å². The van der Waals surface area contributed by atoms with Crippen LogP contribution in [0, 0.1) is 0 Å². The van der Waals surface area contributed by atoms with Crippen molar-refractivity contribution in [1.29, 1.82) is 0 Å². The van der Waals surface area contributed by atoms with Gasteiger partial charge < -0.3 is 20.0 Å². The number of aromatic amines is 2. The number of pyridine rings is 1. The van der Waals surface area contributed by atoms with Crippen LogP contribution in [0.15, 0.2) is 41.2 Å². The lowest BCUT2D eigenvalue weighted by atomic mass is 10.2. The van der Waals surface area contributed by atoms with Crippen molar-refractivity contribution in [2.24, 2.45) is 0 Å². The normalized spacial score (nSPS) is 12.5. The van der Waals surface area contributed by atoms with Crippen LogP contribution in [0.1, 0.15) is 11.3 Å². The lowest BCUT2D eigenvalue weighted by molar-refractivity contribution is -0.154. The average molecular weight is 446 g/mol. The molecule has 2 heterocycles. The molecular weight excluding hydrogens is 434 g/mol. The Morgan fingerprint density at radius 3 is 2.52 bits per heavy atom. The minimum atomic E-state index is -4.90. The highest BCUT2D eigenvalue weighted by Gasteiger charge is 2.34. The first-order valence-electron chi connectivity index (χ1n) is 8.40. The molecule has 164 valence electrons. The predicted molar refractivity (Wildman–Crippen MR) is 97.4 cm³/mol. The van der Waals surface area contributed by atoms with E-state index in [4.69, 9.17) is 0 Å². The van der Waals surface area contributed by atoms with E-state index in [1.807, 2.05) is 0 Å². The first-order chi connectivity index (χ1) is 14.4. The van der Waals surface area contributed by atoms with Crippen LogP contribution < -0.4 is 15.7 Å². The second-order valence-corrected chi connectivity index (χ2v) is 6.12. The van der Waals surface area contributed by atoms with Crippen LogP contribution in [-0.4, -0.2) is 33.6 Å². The van der Waals surface area contributed by atoms with Crippen molar-refractivity contribution in [2.75, 3.05) is 11.9 Å². The molecule has 0 saturated heterocycles. The standard InChI is InChI=1S/C18H12F6N4O3/c19-17(20,21)8-31-15-9(4-6-12(27-15)18(22,23)24)5-7-13(29)25-10-2-1-3-11-14(10)28-16(30)26-11/h1-7H,8H2,(H,25,29)(H2,26,28,30)/b7-5+. The Kier molecular flexibility index (Phi) is 5.77. The molecule has 3 rings (SSSR count). The van der Waals surface area contributed by atoms with Gasteiger partial charge in [0.15, 0.2) is 6.61 Å². The number of ether oxygens (including phenoxy) is 1. The van der Waals surface area contributed by atoms with E-state index in [9.17, 15) is 35.9 Å². The molecule has 0 spiro atoms. The number of halogens is 6. The van der Waals surface area contributed by atoms with E-state index in [1.54, 1.807) is 12.1 Å². The summed E-state index contributed by atoms with van der Waals surface area (Å²) in [4.78, 5) is 31.6. The van der Waals surface area contributed by atoms with Gasteiger partial charge in [0, 0.05) is 11.6 Å². The number of rotatable bonds is 5. The number of benzene rings is 1. The van der Waals surface area contributed by atoms with Crippen LogP contribution in [0.2, 0.25) is 0 Å². The maximum absolute atomic E-state index is 12.8. The fourth-order valence-corrected chi connectivity index (χ4v) is 2.50. The van der Waals surface area contributed by atoms with Gasteiger partial charge in [-0.2, -0.15) is 26.3 Å². The van der Waals surface area contributed by atoms with Gasteiger partial charge in [-0.25, -0.2) is 9.78 Å². The SMILES string of the molecule is O=C(/C=C/c1ccc(C(F)(F)F)nc1OCC(F)(F)F)Nc1cccc2[nH]c(=O)[nH]c12. The summed E-state index contributed by atoms with van der Waals surface area (Å²) >= 11 is 0. The molecule has 0 radical (unpaired) electrons. The number of nitrogens with zero attached hydrogens (tertiary/aromatic N) is 1. The lowest BCUT2D eigenvalue weighted by Crippen LogP contribution is -2.20. The summed E-state index contributed by atoms with van der Waals surface area (Å²) in [6.45, 7) is -1.86. The number of nitrogens with one attached hydrogen (secondary N) is 3. The van der Waals surface area contributed by atoms with Gasteiger partial charge in [-0.05, 0) is 30.3 Å². The number of carbonyl (C=O) groups is 1. The minimum Gasteiger partial charge on any atom is -0.468 e. The van der Waals surface area contributed by atoms with E-state index < -0.39 is 42.1 Å². The fourth-order valence-electron chi connectivity index (χ4n) is 2.50. The predicted octanol–water partition coefficient (Wildman–Crippen LogP) is 3.86. The fraction of sp³-hybridized carbons (Fsp3) is 0.167. The number of hydrogen-bond donors (Lipinski definition) is 3. The van der Waals surface area contributed by atoms with Crippen molar-refractivity contribution in [3.63, 3.8) is 0 Å². The number of fused-ring (bicyclic) bond motifs is 1. The van der Waals surface area contributed by atoms with Gasteiger partial charge in [-0.3, -0.25) is 4.79 Å². The molecule has 0 aliphatic carbocycles. The van der Waals surface area contributed by atoms with E-state index in [2.05, 4.69) is 25.0 Å². The number of imidazole rings is 1. The first kappa shape index (κ1) is 21.9. The minimum absolute atomic E-state index is 0.226.